The molecule has 0 aromatic rings. The molecule has 2 nitrogen and oxygen atoms in total. The first-order valence-corrected chi connectivity index (χ1v) is 6.65. The molecule has 0 aliphatic heterocycles. The third-order valence-electron chi connectivity index (χ3n) is 4.21. The summed E-state index contributed by atoms with van der Waals surface area (Å²) in [7, 11) is 0. The van der Waals surface area contributed by atoms with E-state index in [0.717, 1.165) is 18.5 Å². The van der Waals surface area contributed by atoms with Crippen LogP contribution >= 0.6 is 0 Å². The molecule has 0 unspecified atom stereocenters. The Morgan fingerprint density at radius 1 is 1.33 bits per heavy atom. The highest BCUT2D eigenvalue weighted by molar-refractivity contribution is 5.04. The Kier molecular flexibility index (Phi) is 3.36. The van der Waals surface area contributed by atoms with E-state index in [1.54, 1.807) is 0 Å². The molecule has 0 amide bonds. The minimum atomic E-state index is 0.413. The lowest BCUT2D eigenvalue weighted by molar-refractivity contribution is 0.0128. The minimum absolute atomic E-state index is 0.413. The Hall–Kier alpha value is -0.0800. The van der Waals surface area contributed by atoms with Gasteiger partial charge in [0, 0.05) is 18.1 Å². The largest absolute Gasteiger partial charge is 0.329 e. The van der Waals surface area contributed by atoms with Gasteiger partial charge < -0.3 is 5.73 Å². The zero-order valence-electron chi connectivity index (χ0n) is 10.3. The first-order chi connectivity index (χ1) is 7.18. The van der Waals surface area contributed by atoms with Gasteiger partial charge in [-0.25, -0.2) is 0 Å². The summed E-state index contributed by atoms with van der Waals surface area (Å²) < 4.78 is 0. The molecule has 0 aromatic heterocycles. The van der Waals surface area contributed by atoms with Gasteiger partial charge in [0.05, 0.1) is 0 Å². The molecule has 2 saturated carbocycles. The molecule has 2 N–H and O–H groups in total. The molecule has 0 bridgehead atoms. The van der Waals surface area contributed by atoms with Crippen LogP contribution in [0.5, 0.6) is 0 Å². The summed E-state index contributed by atoms with van der Waals surface area (Å²) in [5.41, 5.74) is 6.41. The van der Waals surface area contributed by atoms with Crippen LogP contribution in [0.15, 0.2) is 0 Å². The van der Waals surface area contributed by atoms with Crippen molar-refractivity contribution in [2.45, 2.75) is 64.0 Å². The average molecular weight is 210 g/mol. The molecule has 15 heavy (non-hydrogen) atoms. The van der Waals surface area contributed by atoms with Crippen molar-refractivity contribution in [3.63, 3.8) is 0 Å². The van der Waals surface area contributed by atoms with Gasteiger partial charge in [0.25, 0.3) is 0 Å². The van der Waals surface area contributed by atoms with Gasteiger partial charge in [-0.3, -0.25) is 4.90 Å². The van der Waals surface area contributed by atoms with Crippen molar-refractivity contribution in [3.05, 3.63) is 0 Å². The van der Waals surface area contributed by atoms with E-state index in [2.05, 4.69) is 18.7 Å². The third kappa shape index (κ3) is 2.36. The van der Waals surface area contributed by atoms with Crippen LogP contribution in [-0.2, 0) is 0 Å². The van der Waals surface area contributed by atoms with Gasteiger partial charge in [0.15, 0.2) is 0 Å². The van der Waals surface area contributed by atoms with Gasteiger partial charge in [-0.1, -0.05) is 13.8 Å². The van der Waals surface area contributed by atoms with Gasteiger partial charge in [0.2, 0.25) is 0 Å². The lowest BCUT2D eigenvalue weighted by Gasteiger charge is -2.50. The summed E-state index contributed by atoms with van der Waals surface area (Å²) in [6.45, 7) is 6.79. The average Bonchev–Trinajstić information content (AvgIpc) is 2.92. The molecule has 0 atom stereocenters. The van der Waals surface area contributed by atoms with E-state index in [0.29, 0.717) is 5.54 Å². The van der Waals surface area contributed by atoms with Gasteiger partial charge in [0.1, 0.15) is 0 Å². The topological polar surface area (TPSA) is 29.3 Å². The number of nitrogens with two attached hydrogens (primary N) is 1. The second-order valence-electron chi connectivity index (χ2n) is 5.89. The number of nitrogens with zero attached hydrogens (tertiary/aromatic N) is 1. The lowest BCUT2D eigenvalue weighted by atomic mass is 9.75. The normalized spacial score (nSPS) is 24.6. The van der Waals surface area contributed by atoms with Crippen LogP contribution in [0.3, 0.4) is 0 Å². The van der Waals surface area contributed by atoms with E-state index in [9.17, 15) is 0 Å². The van der Waals surface area contributed by atoms with Crippen molar-refractivity contribution in [3.8, 4) is 0 Å². The molecule has 0 heterocycles. The van der Waals surface area contributed by atoms with Crippen LogP contribution in [0.2, 0.25) is 0 Å². The van der Waals surface area contributed by atoms with Gasteiger partial charge >= 0.3 is 0 Å². The lowest BCUT2D eigenvalue weighted by Crippen LogP contribution is -2.59. The fourth-order valence-corrected chi connectivity index (χ4v) is 2.78. The van der Waals surface area contributed by atoms with Crippen molar-refractivity contribution < 1.29 is 0 Å². The van der Waals surface area contributed by atoms with E-state index in [-0.39, 0.29) is 0 Å². The van der Waals surface area contributed by atoms with Gasteiger partial charge in [-0.15, -0.1) is 0 Å². The summed E-state index contributed by atoms with van der Waals surface area (Å²) in [5, 5.41) is 0. The highest BCUT2D eigenvalue weighted by Crippen LogP contribution is 2.43. The smallest absolute Gasteiger partial charge is 0.0334 e. The zero-order valence-corrected chi connectivity index (χ0v) is 10.3. The summed E-state index contributed by atoms with van der Waals surface area (Å²) in [6, 6.07) is 0.882. The molecular weight excluding hydrogens is 184 g/mol. The van der Waals surface area contributed by atoms with E-state index >= 15 is 0 Å². The van der Waals surface area contributed by atoms with Gasteiger partial charge in [-0.2, -0.15) is 0 Å². The second kappa shape index (κ2) is 4.42. The first kappa shape index (κ1) is 11.4. The fraction of sp³-hybridized carbons (Fsp3) is 1.00. The highest BCUT2D eigenvalue weighted by Gasteiger charge is 2.46. The van der Waals surface area contributed by atoms with Crippen LogP contribution in [-0.4, -0.2) is 29.6 Å². The van der Waals surface area contributed by atoms with E-state index in [1.165, 1.54) is 45.1 Å². The van der Waals surface area contributed by atoms with Crippen molar-refractivity contribution in [2.75, 3.05) is 13.1 Å². The molecular formula is C13H26N2. The Labute approximate surface area is 94.2 Å². The summed E-state index contributed by atoms with van der Waals surface area (Å²) in [5.74, 6) is 0.821. The Morgan fingerprint density at radius 2 is 2.00 bits per heavy atom. The number of hydrogen-bond donors (Lipinski definition) is 1. The molecule has 2 aliphatic carbocycles. The number of rotatable bonds is 6. The molecule has 0 spiro atoms. The van der Waals surface area contributed by atoms with E-state index in [1.807, 2.05) is 0 Å². The minimum Gasteiger partial charge on any atom is -0.329 e. The Morgan fingerprint density at radius 3 is 2.33 bits per heavy atom. The third-order valence-corrected chi connectivity index (χ3v) is 4.21. The molecule has 2 heteroatoms. The predicted octanol–water partition coefficient (Wildman–Crippen LogP) is 2.38. The Balaban J connectivity index is 1.92. The maximum Gasteiger partial charge on any atom is 0.0334 e. The molecule has 2 rings (SSSR count). The second-order valence-corrected chi connectivity index (χ2v) is 5.89. The number of hydrogen-bond acceptors (Lipinski definition) is 2. The molecule has 0 radical (unpaired) electrons. The quantitative estimate of drug-likeness (QED) is 0.729. The van der Waals surface area contributed by atoms with Crippen LogP contribution in [0.1, 0.15) is 52.4 Å². The molecule has 2 fully saturated rings. The van der Waals surface area contributed by atoms with Crippen molar-refractivity contribution in [1.82, 2.24) is 4.90 Å². The standard InChI is InChI=1S/C13H26N2/c1-11(2)6-9-15(12-4-5-12)13(10-14)7-3-8-13/h11-12H,3-10,14H2,1-2H3. The van der Waals surface area contributed by atoms with Crippen LogP contribution in [0.25, 0.3) is 0 Å². The molecule has 0 saturated heterocycles. The van der Waals surface area contributed by atoms with Crippen LogP contribution in [0.4, 0.5) is 0 Å². The monoisotopic (exact) mass is 210 g/mol. The van der Waals surface area contributed by atoms with Crippen molar-refractivity contribution >= 4 is 0 Å². The van der Waals surface area contributed by atoms with Crippen molar-refractivity contribution in [2.24, 2.45) is 11.7 Å². The highest BCUT2D eigenvalue weighted by atomic mass is 15.3. The SMILES string of the molecule is CC(C)CCN(C1CC1)C1(CN)CCC1. The zero-order chi connectivity index (χ0) is 10.9. The molecule has 0 aromatic carbocycles. The summed E-state index contributed by atoms with van der Waals surface area (Å²) in [4.78, 5) is 2.76. The van der Waals surface area contributed by atoms with E-state index in [4.69, 9.17) is 5.73 Å². The summed E-state index contributed by atoms with van der Waals surface area (Å²) >= 11 is 0. The summed E-state index contributed by atoms with van der Waals surface area (Å²) in [6.07, 6.45) is 8.25. The van der Waals surface area contributed by atoms with E-state index < -0.39 is 0 Å². The van der Waals surface area contributed by atoms with Crippen LogP contribution < -0.4 is 5.73 Å². The maximum absolute atomic E-state index is 6.00. The molecule has 2 aliphatic rings. The van der Waals surface area contributed by atoms with Gasteiger partial charge in [-0.05, 0) is 51.0 Å². The van der Waals surface area contributed by atoms with Crippen molar-refractivity contribution in [1.29, 1.82) is 0 Å². The first-order valence-electron chi connectivity index (χ1n) is 6.65. The fourth-order valence-electron chi connectivity index (χ4n) is 2.78. The predicted molar refractivity (Wildman–Crippen MR) is 64.8 cm³/mol. The Bertz CT molecular complexity index is 199. The van der Waals surface area contributed by atoms with Crippen LogP contribution in [0, 0.1) is 5.92 Å². The maximum atomic E-state index is 6.00. The molecule has 88 valence electrons.